The zero-order valence-corrected chi connectivity index (χ0v) is 18.2. The lowest BCUT2D eigenvalue weighted by atomic mass is 10.1. The van der Waals surface area contributed by atoms with Crippen molar-refractivity contribution >= 4 is 23.0 Å². The molecule has 1 heterocycles. The van der Waals surface area contributed by atoms with Crippen LogP contribution in [0.5, 0.6) is 11.5 Å². The summed E-state index contributed by atoms with van der Waals surface area (Å²) in [6, 6.07) is 10.7. The van der Waals surface area contributed by atoms with E-state index >= 15 is 0 Å². The molecule has 3 rings (SSSR count). The van der Waals surface area contributed by atoms with E-state index in [-0.39, 0.29) is 16.9 Å². The normalized spacial score (nSPS) is 16.1. The van der Waals surface area contributed by atoms with Crippen molar-refractivity contribution in [1.29, 1.82) is 0 Å². The molecule has 0 aromatic heterocycles. The average Bonchev–Trinajstić information content (AvgIpc) is 3.26. The number of halogens is 3. The predicted molar refractivity (Wildman–Crippen MR) is 117 cm³/mol. The van der Waals surface area contributed by atoms with E-state index in [4.69, 9.17) is 26.4 Å². The maximum Gasteiger partial charge on any atom is 0.418 e. The van der Waals surface area contributed by atoms with Crippen molar-refractivity contribution in [2.75, 3.05) is 32.7 Å². The van der Waals surface area contributed by atoms with Gasteiger partial charge in [0.2, 0.25) is 0 Å². The maximum absolute atomic E-state index is 13.4. The average molecular weight is 455 g/mol. The lowest BCUT2D eigenvalue weighted by molar-refractivity contribution is -0.136. The van der Waals surface area contributed by atoms with Crippen LogP contribution in [-0.4, -0.2) is 43.5 Å². The third-order valence-electron chi connectivity index (χ3n) is 5.06. The summed E-state index contributed by atoms with van der Waals surface area (Å²) in [6.07, 6.45) is -2.73. The molecule has 0 saturated carbocycles. The van der Waals surface area contributed by atoms with Gasteiger partial charge in [0.1, 0.15) is 11.5 Å². The molecule has 1 saturated heterocycles. The highest BCUT2D eigenvalue weighted by Gasteiger charge is 2.33. The van der Waals surface area contributed by atoms with Crippen LogP contribution in [0.4, 0.5) is 18.9 Å². The number of benzene rings is 2. The number of hydrogen-bond donors (Lipinski definition) is 1. The largest absolute Gasteiger partial charge is 0.497 e. The van der Waals surface area contributed by atoms with Gasteiger partial charge in [-0.1, -0.05) is 12.1 Å². The molecule has 1 unspecified atom stereocenters. The summed E-state index contributed by atoms with van der Waals surface area (Å²) in [5.74, 6) is 1.28. The Morgan fingerprint density at radius 1 is 1.19 bits per heavy atom. The van der Waals surface area contributed by atoms with Gasteiger partial charge in [-0.25, -0.2) is 0 Å². The van der Waals surface area contributed by atoms with Gasteiger partial charge in [0.15, 0.2) is 5.11 Å². The van der Waals surface area contributed by atoms with Gasteiger partial charge < -0.3 is 24.4 Å². The highest BCUT2D eigenvalue weighted by molar-refractivity contribution is 7.80. The van der Waals surface area contributed by atoms with Crippen LogP contribution in [0.2, 0.25) is 0 Å². The van der Waals surface area contributed by atoms with E-state index in [0.717, 1.165) is 24.5 Å². The van der Waals surface area contributed by atoms with Gasteiger partial charge >= 0.3 is 6.18 Å². The van der Waals surface area contributed by atoms with Crippen LogP contribution in [0.1, 0.15) is 24.0 Å². The van der Waals surface area contributed by atoms with Crippen molar-refractivity contribution in [3.05, 3.63) is 53.6 Å². The molecule has 31 heavy (non-hydrogen) atoms. The standard InChI is InChI=1S/C22H25F3N2O3S/c1-28-16-9-10-20(29-2)15(12-16)13-27(14-17-6-5-11-30-17)21(31)26-19-8-4-3-7-18(19)22(23,24)25/h3-4,7-10,12,17H,5-6,11,13-14H2,1-2H3,(H,26,31). The van der Waals surface area contributed by atoms with Gasteiger partial charge in [0, 0.05) is 25.3 Å². The number of anilines is 1. The SMILES string of the molecule is COc1ccc(OC)c(CN(CC2CCCO2)C(=S)Nc2ccccc2C(F)(F)F)c1. The molecule has 1 aliphatic heterocycles. The Morgan fingerprint density at radius 2 is 1.97 bits per heavy atom. The molecule has 1 fully saturated rings. The Kier molecular flexibility index (Phi) is 7.61. The van der Waals surface area contributed by atoms with Gasteiger partial charge in [-0.3, -0.25) is 0 Å². The molecular weight excluding hydrogens is 429 g/mol. The fourth-order valence-electron chi connectivity index (χ4n) is 3.50. The Labute approximate surface area is 185 Å². The summed E-state index contributed by atoms with van der Waals surface area (Å²) >= 11 is 5.53. The Hall–Kier alpha value is -2.52. The minimum absolute atomic E-state index is 0.0470. The molecule has 5 nitrogen and oxygen atoms in total. The van der Waals surface area contributed by atoms with Crippen LogP contribution in [0.25, 0.3) is 0 Å². The van der Waals surface area contributed by atoms with Crippen molar-refractivity contribution in [3.8, 4) is 11.5 Å². The third-order valence-corrected chi connectivity index (χ3v) is 5.42. The first-order valence-electron chi connectivity index (χ1n) is 9.86. The highest BCUT2D eigenvalue weighted by atomic mass is 32.1. The topological polar surface area (TPSA) is 43.0 Å². The smallest absolute Gasteiger partial charge is 0.418 e. The molecule has 0 aliphatic carbocycles. The van der Waals surface area contributed by atoms with Crippen LogP contribution in [-0.2, 0) is 17.5 Å². The lowest BCUT2D eigenvalue weighted by Gasteiger charge is -2.29. The Bertz CT molecular complexity index is 902. The molecule has 2 aromatic rings. The second-order valence-corrected chi connectivity index (χ2v) is 7.55. The van der Waals surface area contributed by atoms with Crippen molar-refractivity contribution in [2.45, 2.75) is 31.7 Å². The molecule has 0 amide bonds. The monoisotopic (exact) mass is 454 g/mol. The number of nitrogens with one attached hydrogen (secondary N) is 1. The molecule has 9 heteroatoms. The van der Waals surface area contributed by atoms with Gasteiger partial charge in [0.05, 0.1) is 31.6 Å². The van der Waals surface area contributed by atoms with Crippen LogP contribution >= 0.6 is 12.2 Å². The number of thiocarbonyl (C=S) groups is 1. The van der Waals surface area contributed by atoms with Crippen molar-refractivity contribution in [2.24, 2.45) is 0 Å². The minimum atomic E-state index is -4.49. The summed E-state index contributed by atoms with van der Waals surface area (Å²) < 4.78 is 56.7. The molecule has 0 bridgehead atoms. The first kappa shape index (κ1) is 23.1. The van der Waals surface area contributed by atoms with Gasteiger partial charge in [0.25, 0.3) is 0 Å². The maximum atomic E-state index is 13.4. The molecule has 0 radical (unpaired) electrons. The Balaban J connectivity index is 1.87. The molecule has 1 atom stereocenters. The fraction of sp³-hybridized carbons (Fsp3) is 0.409. The van der Waals surface area contributed by atoms with Crippen LogP contribution in [0.3, 0.4) is 0 Å². The van der Waals surface area contributed by atoms with E-state index in [9.17, 15) is 13.2 Å². The van der Waals surface area contributed by atoms with Crippen LogP contribution in [0, 0.1) is 0 Å². The van der Waals surface area contributed by atoms with E-state index in [1.165, 1.54) is 18.2 Å². The molecule has 168 valence electrons. The summed E-state index contributed by atoms with van der Waals surface area (Å²) in [5.41, 5.74) is -0.0589. The van der Waals surface area contributed by atoms with Crippen LogP contribution < -0.4 is 14.8 Å². The first-order chi connectivity index (χ1) is 14.8. The number of methoxy groups -OCH3 is 2. The van der Waals surface area contributed by atoms with Gasteiger partial charge in [-0.2, -0.15) is 13.2 Å². The molecule has 1 N–H and O–H groups in total. The summed E-state index contributed by atoms with van der Waals surface area (Å²) in [5, 5.41) is 2.97. The van der Waals surface area contributed by atoms with Gasteiger partial charge in [-0.15, -0.1) is 0 Å². The van der Waals surface area contributed by atoms with E-state index in [2.05, 4.69) is 5.32 Å². The van der Waals surface area contributed by atoms with Crippen LogP contribution in [0.15, 0.2) is 42.5 Å². The fourth-order valence-corrected chi connectivity index (χ4v) is 3.75. The number of rotatable bonds is 7. The number of para-hydroxylation sites is 1. The van der Waals surface area contributed by atoms with E-state index in [0.29, 0.717) is 31.2 Å². The highest BCUT2D eigenvalue weighted by Crippen LogP contribution is 2.35. The van der Waals surface area contributed by atoms with Crippen molar-refractivity contribution < 1.29 is 27.4 Å². The molecule has 2 aromatic carbocycles. The van der Waals surface area contributed by atoms with Crippen molar-refractivity contribution in [1.82, 2.24) is 4.90 Å². The third kappa shape index (κ3) is 6.01. The molecule has 1 aliphatic rings. The number of alkyl halides is 3. The first-order valence-corrected chi connectivity index (χ1v) is 10.3. The Morgan fingerprint density at radius 3 is 2.61 bits per heavy atom. The molecule has 0 spiro atoms. The van der Waals surface area contributed by atoms with E-state index in [1.54, 1.807) is 31.3 Å². The summed E-state index contributed by atoms with van der Waals surface area (Å²) in [7, 11) is 3.13. The van der Waals surface area contributed by atoms with Crippen molar-refractivity contribution in [3.63, 3.8) is 0 Å². The summed E-state index contributed by atoms with van der Waals surface area (Å²) in [6.45, 7) is 1.43. The number of ether oxygens (including phenoxy) is 3. The van der Waals surface area contributed by atoms with Gasteiger partial charge in [-0.05, 0) is 55.4 Å². The minimum Gasteiger partial charge on any atom is -0.497 e. The number of nitrogens with zero attached hydrogens (tertiary/aromatic N) is 1. The number of hydrogen-bond acceptors (Lipinski definition) is 4. The second kappa shape index (κ2) is 10.2. The second-order valence-electron chi connectivity index (χ2n) is 7.17. The quantitative estimate of drug-likeness (QED) is 0.587. The lowest BCUT2D eigenvalue weighted by Crippen LogP contribution is -2.39. The van der Waals surface area contributed by atoms with E-state index < -0.39 is 11.7 Å². The predicted octanol–water partition coefficient (Wildman–Crippen LogP) is 5.10. The molecular formula is C22H25F3N2O3S. The zero-order valence-electron chi connectivity index (χ0n) is 17.4. The van der Waals surface area contributed by atoms with E-state index in [1.807, 2.05) is 6.07 Å². The summed E-state index contributed by atoms with van der Waals surface area (Å²) in [4.78, 5) is 1.80. The zero-order chi connectivity index (χ0) is 22.4.